The number of nitrogens with zero attached hydrogens (tertiary/aromatic N) is 2. The van der Waals surface area contributed by atoms with E-state index in [4.69, 9.17) is 4.74 Å². The van der Waals surface area contributed by atoms with Gasteiger partial charge in [0.05, 0.1) is 18.8 Å². The fraction of sp³-hybridized carbons (Fsp3) is 0.267. The number of para-hydroxylation sites is 2. The first-order valence-corrected chi connectivity index (χ1v) is 6.37. The van der Waals surface area contributed by atoms with Crippen LogP contribution in [0.25, 0.3) is 0 Å². The molecule has 1 aromatic heterocycles. The molecule has 1 unspecified atom stereocenters. The number of ether oxygens (including phenoxy) is 1. The Balaban J connectivity index is 1.88. The number of aliphatic hydroxyl groups excluding tert-OH is 1. The monoisotopic (exact) mass is 256 g/mol. The van der Waals surface area contributed by atoms with Crippen LogP contribution in [-0.2, 0) is 6.54 Å². The van der Waals surface area contributed by atoms with Crippen LogP contribution < -0.4 is 9.64 Å². The molecular formula is C15H16N2O2. The maximum absolute atomic E-state index is 9.34. The first-order valence-electron chi connectivity index (χ1n) is 6.37. The number of fused-ring (bicyclic) bond motifs is 1. The van der Waals surface area contributed by atoms with Crippen molar-refractivity contribution >= 4 is 5.69 Å². The average molecular weight is 256 g/mol. The molecule has 0 aliphatic carbocycles. The quantitative estimate of drug-likeness (QED) is 0.910. The summed E-state index contributed by atoms with van der Waals surface area (Å²) in [4.78, 5) is 6.26. The van der Waals surface area contributed by atoms with Gasteiger partial charge in [0, 0.05) is 18.9 Å². The largest absolute Gasteiger partial charge is 0.484 e. The van der Waals surface area contributed by atoms with Crippen molar-refractivity contribution in [2.75, 3.05) is 18.1 Å². The van der Waals surface area contributed by atoms with Gasteiger partial charge in [0.2, 0.25) is 0 Å². The van der Waals surface area contributed by atoms with Gasteiger partial charge < -0.3 is 14.7 Å². The summed E-state index contributed by atoms with van der Waals surface area (Å²) in [6, 6.07) is 11.9. The van der Waals surface area contributed by atoms with Gasteiger partial charge in [0.25, 0.3) is 0 Å². The molecule has 4 heteroatoms. The third-order valence-electron chi connectivity index (χ3n) is 3.25. The van der Waals surface area contributed by atoms with Crippen molar-refractivity contribution in [3.63, 3.8) is 0 Å². The molecule has 0 radical (unpaired) electrons. The Morgan fingerprint density at radius 1 is 1.21 bits per heavy atom. The van der Waals surface area contributed by atoms with E-state index in [0.29, 0.717) is 6.54 Å². The summed E-state index contributed by atoms with van der Waals surface area (Å²) >= 11 is 0. The molecule has 98 valence electrons. The fourth-order valence-electron chi connectivity index (χ4n) is 2.33. The van der Waals surface area contributed by atoms with E-state index in [9.17, 15) is 5.11 Å². The Bertz CT molecular complexity index is 545. The number of hydrogen-bond acceptors (Lipinski definition) is 4. The zero-order chi connectivity index (χ0) is 13.1. The van der Waals surface area contributed by atoms with Crippen LogP contribution in [0, 0.1) is 0 Å². The molecule has 3 rings (SSSR count). The molecule has 2 heterocycles. The zero-order valence-electron chi connectivity index (χ0n) is 10.6. The standard InChI is InChI=1S/C15H16N2O2/c18-11-13-10-17(9-12-5-7-16-8-6-12)14-3-1-2-4-15(14)19-13/h1-8,13,18H,9-11H2. The summed E-state index contributed by atoms with van der Waals surface area (Å²) in [6.45, 7) is 1.51. The van der Waals surface area contributed by atoms with Gasteiger partial charge in [-0.05, 0) is 29.8 Å². The van der Waals surface area contributed by atoms with Gasteiger partial charge in [-0.25, -0.2) is 0 Å². The first-order chi connectivity index (χ1) is 9.36. The van der Waals surface area contributed by atoms with E-state index in [1.165, 1.54) is 5.56 Å². The van der Waals surface area contributed by atoms with E-state index in [1.54, 1.807) is 12.4 Å². The minimum Gasteiger partial charge on any atom is -0.484 e. The average Bonchev–Trinajstić information content (AvgIpc) is 2.48. The molecule has 0 amide bonds. The minimum absolute atomic E-state index is 0.0289. The van der Waals surface area contributed by atoms with E-state index in [2.05, 4.69) is 9.88 Å². The number of anilines is 1. The van der Waals surface area contributed by atoms with Crippen molar-refractivity contribution in [1.82, 2.24) is 4.98 Å². The van der Waals surface area contributed by atoms with Gasteiger partial charge in [-0.3, -0.25) is 4.98 Å². The van der Waals surface area contributed by atoms with Crippen molar-refractivity contribution in [1.29, 1.82) is 0 Å². The van der Waals surface area contributed by atoms with E-state index in [0.717, 1.165) is 18.0 Å². The van der Waals surface area contributed by atoms with Crippen LogP contribution in [0.3, 0.4) is 0 Å². The molecule has 0 spiro atoms. The van der Waals surface area contributed by atoms with Crippen molar-refractivity contribution in [3.05, 3.63) is 54.4 Å². The summed E-state index contributed by atoms with van der Waals surface area (Å²) in [5, 5.41) is 9.34. The van der Waals surface area contributed by atoms with Crippen LogP contribution >= 0.6 is 0 Å². The Hall–Kier alpha value is -2.07. The second kappa shape index (κ2) is 5.28. The predicted molar refractivity (Wildman–Crippen MR) is 73.2 cm³/mol. The molecule has 1 aliphatic rings. The smallest absolute Gasteiger partial charge is 0.143 e. The summed E-state index contributed by atoms with van der Waals surface area (Å²) in [7, 11) is 0. The van der Waals surface area contributed by atoms with Crippen LogP contribution in [0.15, 0.2) is 48.8 Å². The molecule has 1 atom stereocenters. The molecule has 2 aromatic rings. The maximum atomic E-state index is 9.34. The number of hydrogen-bond donors (Lipinski definition) is 1. The number of pyridine rings is 1. The maximum Gasteiger partial charge on any atom is 0.143 e. The lowest BCUT2D eigenvalue weighted by atomic mass is 10.1. The van der Waals surface area contributed by atoms with Gasteiger partial charge in [-0.1, -0.05) is 12.1 Å². The summed E-state index contributed by atoms with van der Waals surface area (Å²) in [6.07, 6.45) is 3.42. The molecule has 0 fully saturated rings. The number of aromatic nitrogens is 1. The third kappa shape index (κ3) is 2.53. The Labute approximate surface area is 112 Å². The lowest BCUT2D eigenvalue weighted by molar-refractivity contribution is 0.112. The summed E-state index contributed by atoms with van der Waals surface area (Å²) < 4.78 is 5.75. The van der Waals surface area contributed by atoms with Crippen LogP contribution in [-0.4, -0.2) is 29.3 Å². The Morgan fingerprint density at radius 3 is 2.79 bits per heavy atom. The normalized spacial score (nSPS) is 17.7. The summed E-state index contributed by atoms with van der Waals surface area (Å²) in [5.74, 6) is 0.835. The second-order valence-corrected chi connectivity index (χ2v) is 4.63. The van der Waals surface area contributed by atoms with Crippen LogP contribution in [0.4, 0.5) is 5.69 Å². The minimum atomic E-state index is -0.170. The predicted octanol–water partition coefficient (Wildman–Crippen LogP) is 1.84. The molecule has 1 aliphatic heterocycles. The van der Waals surface area contributed by atoms with E-state index < -0.39 is 0 Å². The van der Waals surface area contributed by atoms with Crippen molar-refractivity contribution < 1.29 is 9.84 Å². The number of rotatable bonds is 3. The highest BCUT2D eigenvalue weighted by atomic mass is 16.5. The molecule has 0 bridgehead atoms. The third-order valence-corrected chi connectivity index (χ3v) is 3.25. The molecule has 1 N–H and O–H groups in total. The molecule has 1 aromatic carbocycles. The lowest BCUT2D eigenvalue weighted by Crippen LogP contribution is -2.41. The van der Waals surface area contributed by atoms with Gasteiger partial charge in [-0.2, -0.15) is 0 Å². The zero-order valence-corrected chi connectivity index (χ0v) is 10.6. The van der Waals surface area contributed by atoms with Gasteiger partial charge in [0.1, 0.15) is 11.9 Å². The van der Waals surface area contributed by atoms with Gasteiger partial charge in [0.15, 0.2) is 0 Å². The molecule has 19 heavy (non-hydrogen) atoms. The van der Waals surface area contributed by atoms with Crippen molar-refractivity contribution in [2.24, 2.45) is 0 Å². The lowest BCUT2D eigenvalue weighted by Gasteiger charge is -2.35. The van der Waals surface area contributed by atoms with Crippen molar-refractivity contribution in [2.45, 2.75) is 12.6 Å². The Morgan fingerprint density at radius 2 is 2.00 bits per heavy atom. The Kier molecular flexibility index (Phi) is 3.33. The van der Waals surface area contributed by atoms with Crippen LogP contribution in [0.2, 0.25) is 0 Å². The number of aliphatic hydroxyl groups is 1. The SMILES string of the molecule is OCC1CN(Cc2ccncc2)c2ccccc2O1. The molecule has 4 nitrogen and oxygen atoms in total. The van der Waals surface area contributed by atoms with Gasteiger partial charge >= 0.3 is 0 Å². The molecule has 0 saturated carbocycles. The van der Waals surface area contributed by atoms with E-state index in [-0.39, 0.29) is 12.7 Å². The van der Waals surface area contributed by atoms with Crippen LogP contribution in [0.1, 0.15) is 5.56 Å². The van der Waals surface area contributed by atoms with E-state index >= 15 is 0 Å². The topological polar surface area (TPSA) is 45.6 Å². The van der Waals surface area contributed by atoms with Crippen molar-refractivity contribution in [3.8, 4) is 5.75 Å². The molecular weight excluding hydrogens is 240 g/mol. The van der Waals surface area contributed by atoms with Crippen LogP contribution in [0.5, 0.6) is 5.75 Å². The highest BCUT2D eigenvalue weighted by Gasteiger charge is 2.24. The highest BCUT2D eigenvalue weighted by Crippen LogP contribution is 2.33. The second-order valence-electron chi connectivity index (χ2n) is 4.63. The fourth-order valence-corrected chi connectivity index (χ4v) is 2.33. The number of benzene rings is 1. The van der Waals surface area contributed by atoms with Gasteiger partial charge in [-0.15, -0.1) is 0 Å². The molecule has 0 saturated heterocycles. The van der Waals surface area contributed by atoms with E-state index in [1.807, 2.05) is 36.4 Å². The highest BCUT2D eigenvalue weighted by molar-refractivity contribution is 5.60. The summed E-state index contributed by atoms with van der Waals surface area (Å²) in [5.41, 5.74) is 2.27. The first kappa shape index (κ1) is 12.0.